The van der Waals surface area contributed by atoms with Gasteiger partial charge < -0.3 is 5.11 Å². The number of nitrogens with one attached hydrogen (secondary N) is 1. The van der Waals surface area contributed by atoms with E-state index >= 15 is 0 Å². The Morgan fingerprint density at radius 2 is 1.67 bits per heavy atom. The van der Waals surface area contributed by atoms with Gasteiger partial charge in [0.2, 0.25) is 5.91 Å². The number of benzene rings is 2. The summed E-state index contributed by atoms with van der Waals surface area (Å²) >= 11 is 5.38. The SMILES string of the molecule is O=C(NC(=S)N(c1ccccc1)N1CC(C(=O)O)CC1=O)c1ccccc1. The highest BCUT2D eigenvalue weighted by molar-refractivity contribution is 7.80. The molecule has 0 aromatic heterocycles. The van der Waals surface area contributed by atoms with Crippen LogP contribution in [0.3, 0.4) is 0 Å². The van der Waals surface area contributed by atoms with Gasteiger partial charge >= 0.3 is 5.97 Å². The zero-order valence-corrected chi connectivity index (χ0v) is 15.1. The molecular formula is C19H17N3O4S. The minimum absolute atomic E-state index is 0.00515. The summed E-state index contributed by atoms with van der Waals surface area (Å²) in [5, 5.41) is 14.5. The van der Waals surface area contributed by atoms with Crippen molar-refractivity contribution in [1.82, 2.24) is 10.3 Å². The normalized spacial score (nSPS) is 16.1. The van der Waals surface area contributed by atoms with E-state index in [0.29, 0.717) is 11.3 Å². The summed E-state index contributed by atoms with van der Waals surface area (Å²) in [6.07, 6.45) is -0.117. The van der Waals surface area contributed by atoms with E-state index in [1.807, 2.05) is 0 Å². The van der Waals surface area contributed by atoms with Gasteiger partial charge in [-0.1, -0.05) is 36.4 Å². The fourth-order valence-corrected chi connectivity index (χ4v) is 3.09. The minimum Gasteiger partial charge on any atom is -0.481 e. The first-order valence-electron chi connectivity index (χ1n) is 8.26. The third-order valence-electron chi connectivity index (χ3n) is 4.14. The molecule has 2 amide bonds. The lowest BCUT2D eigenvalue weighted by molar-refractivity contribution is -0.141. The van der Waals surface area contributed by atoms with Gasteiger partial charge in [0.05, 0.1) is 18.2 Å². The van der Waals surface area contributed by atoms with Crippen LogP contribution in [0.4, 0.5) is 5.69 Å². The van der Waals surface area contributed by atoms with Crippen molar-refractivity contribution in [1.29, 1.82) is 0 Å². The summed E-state index contributed by atoms with van der Waals surface area (Å²) < 4.78 is 0. The van der Waals surface area contributed by atoms with Crippen molar-refractivity contribution in [3.8, 4) is 0 Å². The number of hydrazine groups is 1. The molecule has 0 spiro atoms. The van der Waals surface area contributed by atoms with Crippen LogP contribution in [0.15, 0.2) is 60.7 Å². The molecule has 2 aromatic rings. The molecule has 1 unspecified atom stereocenters. The Labute approximate surface area is 161 Å². The topological polar surface area (TPSA) is 90.0 Å². The molecule has 27 heavy (non-hydrogen) atoms. The molecule has 1 fully saturated rings. The zero-order chi connectivity index (χ0) is 19.4. The van der Waals surface area contributed by atoms with E-state index in [0.717, 1.165) is 0 Å². The fourth-order valence-electron chi connectivity index (χ4n) is 2.80. The van der Waals surface area contributed by atoms with Gasteiger partial charge in [-0.05, 0) is 36.5 Å². The highest BCUT2D eigenvalue weighted by atomic mass is 32.1. The fraction of sp³-hybridized carbons (Fsp3) is 0.158. The number of thiocarbonyl (C=S) groups is 1. The number of aliphatic carboxylic acids is 1. The number of nitrogens with zero attached hydrogens (tertiary/aromatic N) is 2. The van der Waals surface area contributed by atoms with E-state index < -0.39 is 17.8 Å². The molecular weight excluding hydrogens is 366 g/mol. The zero-order valence-electron chi connectivity index (χ0n) is 14.2. The lowest BCUT2D eigenvalue weighted by atomic mass is 10.1. The Morgan fingerprint density at radius 1 is 1.07 bits per heavy atom. The van der Waals surface area contributed by atoms with Crippen molar-refractivity contribution in [3.63, 3.8) is 0 Å². The second-order valence-electron chi connectivity index (χ2n) is 5.99. The van der Waals surface area contributed by atoms with Gasteiger partial charge in [0.15, 0.2) is 5.11 Å². The van der Waals surface area contributed by atoms with E-state index in [2.05, 4.69) is 5.32 Å². The second kappa shape index (κ2) is 7.96. The van der Waals surface area contributed by atoms with Crippen LogP contribution in [-0.2, 0) is 9.59 Å². The second-order valence-corrected chi connectivity index (χ2v) is 6.37. The molecule has 3 rings (SSSR count). The van der Waals surface area contributed by atoms with Crippen molar-refractivity contribution in [2.75, 3.05) is 11.6 Å². The predicted octanol–water partition coefficient (Wildman–Crippen LogP) is 2.06. The highest BCUT2D eigenvalue weighted by Crippen LogP contribution is 2.25. The van der Waals surface area contributed by atoms with Gasteiger partial charge in [-0.2, -0.15) is 0 Å². The number of carboxylic acid groups (broad SMARTS) is 1. The molecule has 1 aliphatic rings. The van der Waals surface area contributed by atoms with Crippen LogP contribution in [0, 0.1) is 5.92 Å². The van der Waals surface area contributed by atoms with Crippen LogP contribution in [0.25, 0.3) is 0 Å². The van der Waals surface area contributed by atoms with Crippen molar-refractivity contribution in [3.05, 3.63) is 66.2 Å². The summed E-state index contributed by atoms with van der Waals surface area (Å²) in [6.45, 7) is -0.0234. The molecule has 138 valence electrons. The summed E-state index contributed by atoms with van der Waals surface area (Å²) in [5.41, 5.74) is 0.972. The van der Waals surface area contributed by atoms with Crippen LogP contribution in [0.2, 0.25) is 0 Å². The van der Waals surface area contributed by atoms with Crippen LogP contribution in [0.5, 0.6) is 0 Å². The first kappa shape index (κ1) is 18.5. The number of hydrogen-bond donors (Lipinski definition) is 2. The summed E-state index contributed by atoms with van der Waals surface area (Å²) in [6, 6.07) is 17.3. The molecule has 1 atom stereocenters. The van der Waals surface area contributed by atoms with Gasteiger partial charge in [-0.15, -0.1) is 0 Å². The van der Waals surface area contributed by atoms with E-state index in [4.69, 9.17) is 12.2 Å². The summed E-state index contributed by atoms with van der Waals surface area (Å²) in [4.78, 5) is 36.1. The molecule has 8 heteroatoms. The maximum Gasteiger partial charge on any atom is 0.308 e. The molecule has 0 saturated carbocycles. The van der Waals surface area contributed by atoms with Gasteiger partial charge in [-0.25, -0.2) is 10.0 Å². The van der Waals surface area contributed by atoms with E-state index in [9.17, 15) is 19.5 Å². The van der Waals surface area contributed by atoms with Gasteiger partial charge in [0.1, 0.15) is 0 Å². The standard InChI is InChI=1S/C19H17N3O4S/c23-16-11-14(18(25)26)12-21(16)22(15-9-5-2-6-10-15)19(27)20-17(24)13-7-3-1-4-8-13/h1-10,14H,11-12H2,(H,25,26)(H,20,24,27). The third kappa shape index (κ3) is 4.12. The van der Waals surface area contributed by atoms with Gasteiger partial charge in [0, 0.05) is 12.0 Å². The quantitative estimate of drug-likeness (QED) is 0.786. The molecule has 1 aliphatic heterocycles. The van der Waals surface area contributed by atoms with E-state index in [1.165, 1.54) is 10.0 Å². The lowest BCUT2D eigenvalue weighted by Gasteiger charge is -2.33. The van der Waals surface area contributed by atoms with Gasteiger partial charge in [0.25, 0.3) is 5.91 Å². The Balaban J connectivity index is 1.87. The number of carboxylic acids is 1. The van der Waals surface area contributed by atoms with E-state index in [1.54, 1.807) is 60.7 Å². The first-order valence-corrected chi connectivity index (χ1v) is 8.67. The maximum atomic E-state index is 12.4. The molecule has 2 aromatic carbocycles. The maximum absolute atomic E-state index is 12.4. The number of amides is 2. The van der Waals surface area contributed by atoms with Gasteiger partial charge in [-0.3, -0.25) is 19.7 Å². The molecule has 1 heterocycles. The Bertz CT molecular complexity index is 873. The highest BCUT2D eigenvalue weighted by Gasteiger charge is 2.39. The van der Waals surface area contributed by atoms with Crippen LogP contribution < -0.4 is 10.3 Å². The number of hydrogen-bond acceptors (Lipinski definition) is 4. The van der Waals surface area contributed by atoms with Crippen molar-refractivity contribution >= 4 is 40.8 Å². The summed E-state index contributed by atoms with van der Waals surface area (Å²) in [7, 11) is 0. The monoisotopic (exact) mass is 383 g/mol. The molecule has 7 nitrogen and oxygen atoms in total. The molecule has 0 bridgehead atoms. The Kier molecular flexibility index (Phi) is 5.46. The van der Waals surface area contributed by atoms with Crippen molar-refractivity contribution in [2.24, 2.45) is 5.92 Å². The number of carbonyl (C=O) groups excluding carboxylic acids is 2. The minimum atomic E-state index is -1.04. The average molecular weight is 383 g/mol. The molecule has 0 aliphatic carbocycles. The molecule has 0 radical (unpaired) electrons. The number of para-hydroxylation sites is 1. The Morgan fingerprint density at radius 3 is 2.22 bits per heavy atom. The van der Waals surface area contributed by atoms with Crippen LogP contribution in [-0.4, -0.2) is 39.6 Å². The van der Waals surface area contributed by atoms with Crippen LogP contribution >= 0.6 is 12.2 Å². The number of carbonyl (C=O) groups is 3. The Hall–Kier alpha value is -3.26. The largest absolute Gasteiger partial charge is 0.481 e. The van der Waals surface area contributed by atoms with Crippen molar-refractivity contribution < 1.29 is 19.5 Å². The van der Waals surface area contributed by atoms with Crippen molar-refractivity contribution in [2.45, 2.75) is 6.42 Å². The number of rotatable bonds is 4. The smallest absolute Gasteiger partial charge is 0.308 e. The molecule has 1 saturated heterocycles. The predicted molar refractivity (Wildman–Crippen MR) is 103 cm³/mol. The lowest BCUT2D eigenvalue weighted by Crippen LogP contribution is -2.53. The first-order chi connectivity index (χ1) is 13.0. The average Bonchev–Trinajstić information content (AvgIpc) is 3.05. The van der Waals surface area contributed by atoms with Crippen LogP contribution in [0.1, 0.15) is 16.8 Å². The van der Waals surface area contributed by atoms with E-state index in [-0.39, 0.29) is 24.0 Å². The summed E-state index contributed by atoms with van der Waals surface area (Å²) in [5.74, 6) is -2.65. The molecule has 2 N–H and O–H groups in total. The number of anilines is 1. The third-order valence-corrected chi connectivity index (χ3v) is 4.42.